The van der Waals surface area contributed by atoms with Gasteiger partial charge in [0.05, 0.1) is 15.7 Å². The molecule has 0 unspecified atom stereocenters. The zero-order chi connectivity index (χ0) is 13.2. The zero-order valence-electron chi connectivity index (χ0n) is 9.53. The molecule has 0 saturated heterocycles. The van der Waals surface area contributed by atoms with E-state index in [-0.39, 0.29) is 0 Å². The Labute approximate surface area is 118 Å². The Morgan fingerprint density at radius 1 is 0.947 bits per heavy atom. The molecule has 0 aliphatic heterocycles. The van der Waals surface area contributed by atoms with Crippen molar-refractivity contribution in [3.8, 4) is 17.1 Å². The van der Waals surface area contributed by atoms with E-state index < -0.39 is 0 Å². The van der Waals surface area contributed by atoms with Gasteiger partial charge < -0.3 is 0 Å². The monoisotopic (exact) mass is 291 g/mol. The minimum absolute atomic E-state index is 0.486. The maximum absolute atomic E-state index is 6.00. The molecule has 94 valence electrons. The van der Waals surface area contributed by atoms with Gasteiger partial charge in [-0.05, 0) is 12.1 Å². The van der Waals surface area contributed by atoms with Gasteiger partial charge in [0.2, 0.25) is 0 Å². The highest BCUT2D eigenvalue weighted by atomic mass is 35.5. The van der Waals surface area contributed by atoms with Gasteiger partial charge in [-0.3, -0.25) is 0 Å². The van der Waals surface area contributed by atoms with Gasteiger partial charge in [-0.25, -0.2) is 19.6 Å². The number of benzene rings is 1. The van der Waals surface area contributed by atoms with Gasteiger partial charge in [0.25, 0.3) is 0 Å². The molecule has 0 amide bonds. The second-order valence-electron chi connectivity index (χ2n) is 3.73. The lowest BCUT2D eigenvalue weighted by Crippen LogP contribution is -1.99. The Balaban J connectivity index is 2.06. The van der Waals surface area contributed by atoms with Gasteiger partial charge in [-0.1, -0.05) is 29.3 Å². The first kappa shape index (κ1) is 12.1. The minimum atomic E-state index is 0.486. The molecule has 0 bridgehead atoms. The molecule has 0 atom stereocenters. The molecule has 1 aromatic carbocycles. The fourth-order valence-electron chi connectivity index (χ4n) is 1.61. The highest BCUT2D eigenvalue weighted by molar-refractivity contribution is 6.42. The third kappa shape index (κ3) is 2.43. The summed E-state index contributed by atoms with van der Waals surface area (Å²) in [5, 5.41) is 5.02. The first-order valence-corrected chi connectivity index (χ1v) is 6.12. The van der Waals surface area contributed by atoms with E-state index in [0.29, 0.717) is 15.9 Å². The van der Waals surface area contributed by atoms with E-state index in [9.17, 15) is 0 Å². The van der Waals surface area contributed by atoms with Crippen molar-refractivity contribution in [3.63, 3.8) is 0 Å². The Bertz CT molecular complexity index is 712. The largest absolute Gasteiger partial charge is 0.236 e. The van der Waals surface area contributed by atoms with Crippen molar-refractivity contribution in [2.24, 2.45) is 0 Å². The third-order valence-electron chi connectivity index (χ3n) is 2.52. The SMILES string of the molecule is Clc1ccc(-c2cc(-n3cncn3)ncn2)cc1Cl. The molecule has 0 fully saturated rings. The van der Waals surface area contributed by atoms with Gasteiger partial charge in [-0.15, -0.1) is 0 Å². The zero-order valence-corrected chi connectivity index (χ0v) is 11.0. The molecule has 2 heterocycles. The van der Waals surface area contributed by atoms with E-state index >= 15 is 0 Å². The minimum Gasteiger partial charge on any atom is -0.236 e. The molecule has 0 aliphatic carbocycles. The molecule has 3 rings (SSSR count). The van der Waals surface area contributed by atoms with Crippen molar-refractivity contribution < 1.29 is 0 Å². The summed E-state index contributed by atoms with van der Waals surface area (Å²) in [6, 6.07) is 7.14. The lowest BCUT2D eigenvalue weighted by atomic mass is 10.1. The van der Waals surface area contributed by atoms with Crippen LogP contribution in [0.4, 0.5) is 0 Å². The van der Waals surface area contributed by atoms with Crippen LogP contribution in [0, 0.1) is 0 Å². The van der Waals surface area contributed by atoms with Crippen LogP contribution in [0.2, 0.25) is 10.0 Å². The van der Waals surface area contributed by atoms with Crippen LogP contribution in [0.15, 0.2) is 43.2 Å². The van der Waals surface area contributed by atoms with Gasteiger partial charge in [0.1, 0.15) is 19.0 Å². The highest BCUT2D eigenvalue weighted by Gasteiger charge is 2.06. The van der Waals surface area contributed by atoms with Crippen molar-refractivity contribution in [1.29, 1.82) is 0 Å². The normalized spacial score (nSPS) is 10.6. The summed E-state index contributed by atoms with van der Waals surface area (Å²) in [4.78, 5) is 12.2. The molecule has 19 heavy (non-hydrogen) atoms. The van der Waals surface area contributed by atoms with Crippen molar-refractivity contribution in [2.75, 3.05) is 0 Å². The Hall–Kier alpha value is -1.98. The maximum Gasteiger partial charge on any atom is 0.159 e. The molecule has 5 nitrogen and oxygen atoms in total. The summed E-state index contributed by atoms with van der Waals surface area (Å²) >= 11 is 11.9. The van der Waals surface area contributed by atoms with Crippen LogP contribution < -0.4 is 0 Å². The maximum atomic E-state index is 6.00. The second-order valence-corrected chi connectivity index (χ2v) is 4.54. The lowest BCUT2D eigenvalue weighted by Gasteiger charge is -2.04. The third-order valence-corrected chi connectivity index (χ3v) is 3.26. The predicted octanol–water partition coefficient (Wildman–Crippen LogP) is 3.03. The van der Waals surface area contributed by atoms with E-state index in [0.717, 1.165) is 11.3 Å². The lowest BCUT2D eigenvalue weighted by molar-refractivity contribution is 0.839. The molecule has 0 spiro atoms. The van der Waals surface area contributed by atoms with Crippen LogP contribution in [-0.2, 0) is 0 Å². The van der Waals surface area contributed by atoms with Crippen LogP contribution in [0.25, 0.3) is 17.1 Å². The summed E-state index contributed by atoms with van der Waals surface area (Å²) in [5.41, 5.74) is 1.59. The molecule has 0 radical (unpaired) electrons. The fourth-order valence-corrected chi connectivity index (χ4v) is 1.91. The summed E-state index contributed by atoms with van der Waals surface area (Å²) < 4.78 is 1.56. The van der Waals surface area contributed by atoms with Gasteiger partial charge in [-0.2, -0.15) is 5.10 Å². The Kier molecular flexibility index (Phi) is 3.15. The van der Waals surface area contributed by atoms with E-state index in [1.54, 1.807) is 29.2 Å². The fraction of sp³-hybridized carbons (Fsp3) is 0. The number of aromatic nitrogens is 5. The molecular weight excluding hydrogens is 285 g/mol. The van der Waals surface area contributed by atoms with Crippen molar-refractivity contribution in [3.05, 3.63) is 53.3 Å². The predicted molar refractivity (Wildman–Crippen MR) is 72.4 cm³/mol. The van der Waals surface area contributed by atoms with E-state index in [2.05, 4.69) is 20.1 Å². The summed E-state index contributed by atoms with van der Waals surface area (Å²) in [6.45, 7) is 0. The molecule has 0 N–H and O–H groups in total. The molecule has 2 aromatic heterocycles. The van der Waals surface area contributed by atoms with Crippen LogP contribution in [-0.4, -0.2) is 24.7 Å². The summed E-state index contributed by atoms with van der Waals surface area (Å²) in [6.07, 6.45) is 4.48. The summed E-state index contributed by atoms with van der Waals surface area (Å²) in [7, 11) is 0. The first-order valence-electron chi connectivity index (χ1n) is 5.36. The number of rotatable bonds is 2. The van der Waals surface area contributed by atoms with Gasteiger partial charge >= 0.3 is 0 Å². The number of hydrogen-bond donors (Lipinski definition) is 0. The average Bonchev–Trinajstić information content (AvgIpc) is 2.96. The smallest absolute Gasteiger partial charge is 0.159 e. The van der Waals surface area contributed by atoms with Crippen molar-refractivity contribution >= 4 is 23.2 Å². The van der Waals surface area contributed by atoms with Crippen LogP contribution in [0.3, 0.4) is 0 Å². The number of halogens is 2. The van der Waals surface area contributed by atoms with Gasteiger partial charge in [0.15, 0.2) is 5.82 Å². The number of hydrogen-bond acceptors (Lipinski definition) is 4. The standard InChI is InChI=1S/C12H7Cl2N5/c13-9-2-1-8(3-10(9)14)11-4-12(17-6-16-11)19-7-15-5-18-19/h1-7H. The van der Waals surface area contributed by atoms with E-state index in [4.69, 9.17) is 23.2 Å². The molecule has 0 aliphatic rings. The molecular formula is C12H7Cl2N5. The van der Waals surface area contributed by atoms with Crippen LogP contribution in [0.5, 0.6) is 0 Å². The Morgan fingerprint density at radius 3 is 2.58 bits per heavy atom. The molecule has 0 saturated carbocycles. The van der Waals surface area contributed by atoms with Crippen LogP contribution in [0.1, 0.15) is 0 Å². The second kappa shape index (κ2) is 4.95. The topological polar surface area (TPSA) is 56.5 Å². The van der Waals surface area contributed by atoms with E-state index in [1.165, 1.54) is 12.7 Å². The van der Waals surface area contributed by atoms with E-state index in [1.807, 2.05) is 6.07 Å². The molecule has 3 aromatic rings. The van der Waals surface area contributed by atoms with Gasteiger partial charge in [0, 0.05) is 11.6 Å². The Morgan fingerprint density at radius 2 is 1.84 bits per heavy atom. The van der Waals surface area contributed by atoms with Crippen LogP contribution >= 0.6 is 23.2 Å². The first-order chi connectivity index (χ1) is 9.24. The highest BCUT2D eigenvalue weighted by Crippen LogP contribution is 2.27. The molecule has 7 heteroatoms. The van der Waals surface area contributed by atoms with Crippen molar-refractivity contribution in [1.82, 2.24) is 24.7 Å². The average molecular weight is 292 g/mol. The number of nitrogens with zero attached hydrogens (tertiary/aromatic N) is 5. The quantitative estimate of drug-likeness (QED) is 0.728. The summed E-state index contributed by atoms with van der Waals surface area (Å²) in [5.74, 6) is 0.633. The van der Waals surface area contributed by atoms with Crippen molar-refractivity contribution in [2.45, 2.75) is 0 Å².